The van der Waals surface area contributed by atoms with E-state index < -0.39 is 6.10 Å². The van der Waals surface area contributed by atoms with Gasteiger partial charge >= 0.3 is 0 Å². The minimum absolute atomic E-state index is 0.469. The molecule has 0 bridgehead atoms. The highest BCUT2D eigenvalue weighted by Gasteiger charge is 2.02. The molecule has 78 valence electrons. The largest absolute Gasteiger partial charge is 0.476 e. The summed E-state index contributed by atoms with van der Waals surface area (Å²) in [6, 6.07) is 8.99. The van der Waals surface area contributed by atoms with Gasteiger partial charge in [-0.2, -0.15) is 5.26 Å². The van der Waals surface area contributed by atoms with Crippen molar-refractivity contribution in [3.8, 4) is 11.8 Å². The van der Waals surface area contributed by atoms with Crippen LogP contribution in [-0.2, 0) is 0 Å². The molecule has 0 aliphatic rings. The Hall–Kier alpha value is -2.02. The number of hydrogen-bond donors (Lipinski definition) is 1. The van der Waals surface area contributed by atoms with Crippen molar-refractivity contribution in [2.45, 2.75) is 20.0 Å². The van der Waals surface area contributed by atoms with Gasteiger partial charge in [0.1, 0.15) is 11.8 Å². The second-order valence-corrected chi connectivity index (χ2v) is 3.10. The molecule has 0 aliphatic carbocycles. The highest BCUT2D eigenvalue weighted by Crippen LogP contribution is 2.14. The Bertz CT molecular complexity index is 390. The lowest BCUT2D eigenvalue weighted by atomic mass is 10.1. The lowest BCUT2D eigenvalue weighted by Gasteiger charge is -2.07. The maximum absolute atomic E-state index is 8.55. The molecule has 0 saturated carbocycles. The number of hydrogen-bond acceptors (Lipinski definition) is 4. The number of ether oxygens (including phenoxy) is 1. The number of rotatable bonds is 3. The third kappa shape index (κ3) is 2.99. The van der Waals surface area contributed by atoms with Gasteiger partial charge in [0, 0.05) is 0 Å². The fourth-order valence-electron chi connectivity index (χ4n) is 1.06. The molecule has 0 aromatic heterocycles. The van der Waals surface area contributed by atoms with Crippen LogP contribution in [0.1, 0.15) is 19.4 Å². The van der Waals surface area contributed by atoms with Crippen LogP contribution in [-0.4, -0.2) is 17.0 Å². The summed E-state index contributed by atoms with van der Waals surface area (Å²) in [7, 11) is 0. The van der Waals surface area contributed by atoms with E-state index in [4.69, 9.17) is 15.2 Å². The van der Waals surface area contributed by atoms with Crippen molar-refractivity contribution in [3.63, 3.8) is 0 Å². The zero-order chi connectivity index (χ0) is 11.3. The first kappa shape index (κ1) is 11.1. The van der Waals surface area contributed by atoms with Crippen molar-refractivity contribution in [1.29, 1.82) is 5.26 Å². The van der Waals surface area contributed by atoms with Gasteiger partial charge in [0.15, 0.2) is 6.10 Å². The molecule has 0 amide bonds. The summed E-state index contributed by atoms with van der Waals surface area (Å²) in [5.41, 5.74) is 1.35. The van der Waals surface area contributed by atoms with Gasteiger partial charge in [0.2, 0.25) is 0 Å². The standard InChI is InChI=1S/C11H12N2O2/c1-8(7-12)15-11-5-3-10(4-6-11)9(2)13-14/h3-6,8,14H,1-2H3. The Morgan fingerprint density at radius 3 is 2.53 bits per heavy atom. The highest BCUT2D eigenvalue weighted by atomic mass is 16.5. The summed E-state index contributed by atoms with van der Waals surface area (Å²) in [5, 5.41) is 20.2. The number of oxime groups is 1. The lowest BCUT2D eigenvalue weighted by molar-refractivity contribution is 0.276. The van der Waals surface area contributed by atoms with E-state index in [9.17, 15) is 0 Å². The molecule has 0 fully saturated rings. The molecular formula is C11H12N2O2. The van der Waals surface area contributed by atoms with Gasteiger partial charge in [0.25, 0.3) is 0 Å². The Balaban J connectivity index is 2.78. The van der Waals surface area contributed by atoms with Gasteiger partial charge in [-0.05, 0) is 43.7 Å². The summed E-state index contributed by atoms with van der Waals surface area (Å²) in [6.45, 7) is 3.38. The molecule has 0 heterocycles. The van der Waals surface area contributed by atoms with E-state index in [0.29, 0.717) is 11.5 Å². The molecule has 0 spiro atoms. The van der Waals surface area contributed by atoms with Crippen LogP contribution in [0.4, 0.5) is 0 Å². The molecule has 1 N–H and O–H groups in total. The fourth-order valence-corrected chi connectivity index (χ4v) is 1.06. The first-order valence-electron chi connectivity index (χ1n) is 4.52. The summed E-state index contributed by atoms with van der Waals surface area (Å²) >= 11 is 0. The van der Waals surface area contributed by atoms with E-state index in [2.05, 4.69) is 5.16 Å². The van der Waals surface area contributed by atoms with Gasteiger partial charge < -0.3 is 9.94 Å². The summed E-state index contributed by atoms with van der Waals surface area (Å²) in [5.74, 6) is 0.624. The van der Waals surface area contributed by atoms with Crippen LogP contribution >= 0.6 is 0 Å². The minimum Gasteiger partial charge on any atom is -0.476 e. The molecule has 1 unspecified atom stereocenters. The molecule has 0 aliphatic heterocycles. The normalized spacial score (nSPS) is 13.0. The van der Waals surface area contributed by atoms with Crippen molar-refractivity contribution in [3.05, 3.63) is 29.8 Å². The first-order valence-corrected chi connectivity index (χ1v) is 4.52. The van der Waals surface area contributed by atoms with Crippen LogP contribution in [0, 0.1) is 11.3 Å². The van der Waals surface area contributed by atoms with E-state index in [1.165, 1.54) is 0 Å². The maximum Gasteiger partial charge on any atom is 0.181 e. The Kier molecular flexibility index (Phi) is 3.69. The zero-order valence-corrected chi connectivity index (χ0v) is 8.64. The van der Waals surface area contributed by atoms with E-state index >= 15 is 0 Å². The summed E-state index contributed by atoms with van der Waals surface area (Å²) in [4.78, 5) is 0. The zero-order valence-electron chi connectivity index (χ0n) is 8.64. The fraction of sp³-hybridized carbons (Fsp3) is 0.273. The number of benzene rings is 1. The maximum atomic E-state index is 8.55. The van der Waals surface area contributed by atoms with Crippen molar-refractivity contribution < 1.29 is 9.94 Å². The van der Waals surface area contributed by atoms with E-state index in [1.54, 1.807) is 38.1 Å². The quantitative estimate of drug-likeness (QED) is 0.466. The topological polar surface area (TPSA) is 65.6 Å². The van der Waals surface area contributed by atoms with E-state index in [-0.39, 0.29) is 0 Å². The lowest BCUT2D eigenvalue weighted by Crippen LogP contribution is -2.08. The van der Waals surface area contributed by atoms with Gasteiger partial charge in [-0.1, -0.05) is 5.16 Å². The van der Waals surface area contributed by atoms with Crippen LogP contribution < -0.4 is 4.74 Å². The number of nitriles is 1. The van der Waals surface area contributed by atoms with Crippen molar-refractivity contribution in [2.75, 3.05) is 0 Å². The SMILES string of the molecule is CC(=NO)c1ccc(OC(C)C#N)cc1. The molecule has 1 rings (SSSR count). The van der Waals surface area contributed by atoms with Crippen LogP contribution in [0.25, 0.3) is 0 Å². The average Bonchev–Trinajstić information content (AvgIpc) is 2.29. The number of nitrogens with zero attached hydrogens (tertiary/aromatic N) is 2. The van der Waals surface area contributed by atoms with Crippen LogP contribution in [0.5, 0.6) is 5.75 Å². The third-order valence-electron chi connectivity index (χ3n) is 1.92. The van der Waals surface area contributed by atoms with Crippen molar-refractivity contribution in [2.24, 2.45) is 5.16 Å². The van der Waals surface area contributed by atoms with Crippen molar-refractivity contribution in [1.82, 2.24) is 0 Å². The van der Waals surface area contributed by atoms with E-state index in [1.807, 2.05) is 6.07 Å². The molecule has 1 atom stereocenters. The molecular weight excluding hydrogens is 192 g/mol. The summed E-state index contributed by atoms with van der Waals surface area (Å²) in [6.07, 6.45) is -0.469. The Morgan fingerprint density at radius 1 is 1.47 bits per heavy atom. The van der Waals surface area contributed by atoms with Gasteiger partial charge in [-0.25, -0.2) is 0 Å². The van der Waals surface area contributed by atoms with Crippen LogP contribution in [0.3, 0.4) is 0 Å². The Morgan fingerprint density at radius 2 is 2.07 bits per heavy atom. The molecule has 15 heavy (non-hydrogen) atoms. The molecule has 4 nitrogen and oxygen atoms in total. The molecule has 1 aromatic rings. The molecule has 4 heteroatoms. The molecule has 1 aromatic carbocycles. The van der Waals surface area contributed by atoms with Gasteiger partial charge in [0.05, 0.1) is 5.71 Å². The third-order valence-corrected chi connectivity index (χ3v) is 1.92. The average molecular weight is 204 g/mol. The van der Waals surface area contributed by atoms with Crippen LogP contribution in [0.2, 0.25) is 0 Å². The second kappa shape index (κ2) is 5.01. The van der Waals surface area contributed by atoms with Gasteiger partial charge in [-0.3, -0.25) is 0 Å². The molecule has 0 radical (unpaired) electrons. The minimum atomic E-state index is -0.469. The van der Waals surface area contributed by atoms with Crippen LogP contribution in [0.15, 0.2) is 29.4 Å². The van der Waals surface area contributed by atoms with E-state index in [0.717, 1.165) is 5.56 Å². The predicted molar refractivity (Wildman–Crippen MR) is 56.1 cm³/mol. The van der Waals surface area contributed by atoms with Gasteiger partial charge in [-0.15, -0.1) is 0 Å². The second-order valence-electron chi connectivity index (χ2n) is 3.10. The monoisotopic (exact) mass is 204 g/mol. The highest BCUT2D eigenvalue weighted by molar-refractivity contribution is 5.98. The first-order chi connectivity index (χ1) is 7.17. The summed E-state index contributed by atoms with van der Waals surface area (Å²) < 4.78 is 5.27. The smallest absolute Gasteiger partial charge is 0.181 e. The Labute approximate surface area is 88.4 Å². The molecule has 0 saturated heterocycles. The predicted octanol–water partition coefficient (Wildman–Crippen LogP) is 2.18. The van der Waals surface area contributed by atoms with Crippen molar-refractivity contribution >= 4 is 5.71 Å².